The zero-order valence-corrected chi connectivity index (χ0v) is 12.0. The van der Waals surface area contributed by atoms with Crippen LogP contribution in [0.4, 0.5) is 11.6 Å². The molecule has 0 fully saturated rings. The molecule has 0 amide bonds. The minimum Gasteiger partial charge on any atom is -0.383 e. The van der Waals surface area contributed by atoms with Crippen LogP contribution in [0.15, 0.2) is 35.7 Å². The highest BCUT2D eigenvalue weighted by Crippen LogP contribution is 2.36. The fraction of sp³-hybridized carbons (Fsp3) is 0.308. The van der Waals surface area contributed by atoms with E-state index in [1.165, 1.54) is 17.8 Å². The summed E-state index contributed by atoms with van der Waals surface area (Å²) < 4.78 is 0. The largest absolute Gasteiger partial charge is 0.383 e. The maximum atomic E-state index is 6.21. The van der Waals surface area contributed by atoms with Gasteiger partial charge in [0.2, 0.25) is 0 Å². The van der Waals surface area contributed by atoms with Gasteiger partial charge < -0.3 is 17.2 Å². The van der Waals surface area contributed by atoms with Crippen molar-refractivity contribution in [1.82, 2.24) is 15.0 Å². The van der Waals surface area contributed by atoms with E-state index in [-0.39, 0.29) is 11.3 Å². The molecule has 0 aromatic carbocycles. The number of hydrogen-bond donors (Lipinski definition) is 3. The maximum Gasteiger partial charge on any atom is 0.192 e. The predicted molar refractivity (Wildman–Crippen MR) is 82.0 cm³/mol. The molecule has 6 N–H and O–H groups in total. The Balaban J connectivity index is 2.28. The highest BCUT2D eigenvalue weighted by atomic mass is 32.2. The number of pyridine rings is 1. The number of hydrogen-bond acceptors (Lipinski definition) is 7. The molecule has 2 rings (SSSR count). The van der Waals surface area contributed by atoms with Crippen LogP contribution < -0.4 is 17.2 Å². The Kier molecular flexibility index (Phi) is 4.75. The molecule has 2 aromatic rings. The van der Waals surface area contributed by atoms with Crippen LogP contribution >= 0.6 is 11.8 Å². The first-order valence-electron chi connectivity index (χ1n) is 6.32. The molecule has 6 nitrogen and oxygen atoms in total. The van der Waals surface area contributed by atoms with Gasteiger partial charge >= 0.3 is 0 Å². The second-order valence-corrected chi connectivity index (χ2v) is 5.51. The smallest absolute Gasteiger partial charge is 0.192 e. The van der Waals surface area contributed by atoms with E-state index in [0.717, 1.165) is 12.0 Å². The van der Waals surface area contributed by atoms with Crippen molar-refractivity contribution in [3.63, 3.8) is 0 Å². The van der Waals surface area contributed by atoms with Gasteiger partial charge in [-0.05, 0) is 18.1 Å². The van der Waals surface area contributed by atoms with Crippen LogP contribution in [0, 0.1) is 0 Å². The normalized spacial score (nSPS) is 13.9. The minimum atomic E-state index is -0.0320. The van der Waals surface area contributed by atoms with E-state index in [1.807, 2.05) is 25.3 Å². The van der Waals surface area contributed by atoms with Gasteiger partial charge in [-0.1, -0.05) is 24.8 Å². The Labute approximate surface area is 122 Å². The third-order valence-corrected chi connectivity index (χ3v) is 4.12. The first-order chi connectivity index (χ1) is 9.60. The van der Waals surface area contributed by atoms with Crippen molar-refractivity contribution >= 4 is 23.4 Å². The van der Waals surface area contributed by atoms with Gasteiger partial charge in [-0.2, -0.15) is 0 Å². The van der Waals surface area contributed by atoms with E-state index < -0.39 is 0 Å². The SMILES string of the molecule is CCC(N)C(Sc1nc(N)cc(N)n1)c1cccnc1. The summed E-state index contributed by atoms with van der Waals surface area (Å²) in [7, 11) is 0. The lowest BCUT2D eigenvalue weighted by molar-refractivity contribution is 0.631. The standard InChI is InChI=1S/C13H18N6S/c1-2-9(14)12(8-4-3-5-17-7-8)20-13-18-10(15)6-11(16)19-13/h3-7,9,12H,2,14H2,1H3,(H4,15,16,18,19). The Morgan fingerprint density at radius 3 is 2.50 bits per heavy atom. The predicted octanol–water partition coefficient (Wildman–Crippen LogP) is 1.61. The molecule has 0 aliphatic carbocycles. The molecule has 20 heavy (non-hydrogen) atoms. The molecule has 2 heterocycles. The van der Waals surface area contributed by atoms with E-state index >= 15 is 0 Å². The summed E-state index contributed by atoms with van der Waals surface area (Å²) in [5, 5.41) is 0.537. The number of nitrogens with zero attached hydrogens (tertiary/aromatic N) is 3. The average Bonchev–Trinajstić information content (AvgIpc) is 2.44. The summed E-state index contributed by atoms with van der Waals surface area (Å²) >= 11 is 1.46. The molecular weight excluding hydrogens is 272 g/mol. The van der Waals surface area contributed by atoms with Gasteiger partial charge in [0.05, 0.1) is 5.25 Å². The fourth-order valence-corrected chi connectivity index (χ4v) is 2.98. The molecule has 0 spiro atoms. The van der Waals surface area contributed by atoms with Crippen LogP contribution in [0.3, 0.4) is 0 Å². The van der Waals surface area contributed by atoms with Crippen molar-refractivity contribution in [1.29, 1.82) is 0 Å². The highest BCUT2D eigenvalue weighted by molar-refractivity contribution is 7.99. The second-order valence-electron chi connectivity index (χ2n) is 4.40. The molecule has 7 heteroatoms. The van der Waals surface area contributed by atoms with Gasteiger partial charge in [0.1, 0.15) is 11.6 Å². The summed E-state index contributed by atoms with van der Waals surface area (Å²) in [6.45, 7) is 2.04. The monoisotopic (exact) mass is 290 g/mol. The van der Waals surface area contributed by atoms with Crippen LogP contribution in [-0.4, -0.2) is 21.0 Å². The lowest BCUT2D eigenvalue weighted by atomic mass is 10.1. The first kappa shape index (κ1) is 14.5. The fourth-order valence-electron chi connectivity index (χ4n) is 1.79. The molecule has 0 radical (unpaired) electrons. The van der Waals surface area contributed by atoms with Gasteiger partial charge in [0.15, 0.2) is 5.16 Å². The summed E-state index contributed by atoms with van der Waals surface area (Å²) in [6, 6.07) is 5.38. The van der Waals surface area contributed by atoms with E-state index in [0.29, 0.717) is 16.8 Å². The summed E-state index contributed by atoms with van der Waals surface area (Å²) in [5.41, 5.74) is 18.6. The topological polar surface area (TPSA) is 117 Å². The third-order valence-electron chi connectivity index (χ3n) is 2.85. The molecular formula is C13H18N6S. The number of thioether (sulfide) groups is 1. The zero-order valence-electron chi connectivity index (χ0n) is 11.2. The van der Waals surface area contributed by atoms with E-state index in [1.54, 1.807) is 6.20 Å². The number of nitrogen functional groups attached to an aromatic ring is 2. The molecule has 106 valence electrons. The van der Waals surface area contributed by atoms with Crippen LogP contribution in [-0.2, 0) is 0 Å². The first-order valence-corrected chi connectivity index (χ1v) is 7.20. The van der Waals surface area contributed by atoms with Crippen molar-refractivity contribution < 1.29 is 0 Å². The van der Waals surface area contributed by atoms with Crippen molar-refractivity contribution in [3.05, 3.63) is 36.2 Å². The second kappa shape index (κ2) is 6.53. The maximum absolute atomic E-state index is 6.21. The highest BCUT2D eigenvalue weighted by Gasteiger charge is 2.21. The third kappa shape index (κ3) is 3.58. The van der Waals surface area contributed by atoms with Crippen molar-refractivity contribution in [2.75, 3.05) is 11.5 Å². The zero-order chi connectivity index (χ0) is 14.5. The van der Waals surface area contributed by atoms with Crippen LogP contribution in [0.5, 0.6) is 0 Å². The van der Waals surface area contributed by atoms with E-state index in [4.69, 9.17) is 17.2 Å². The molecule has 0 aliphatic rings. The minimum absolute atomic E-state index is 0.00917. The van der Waals surface area contributed by atoms with Gasteiger partial charge in [0, 0.05) is 24.5 Å². The lowest BCUT2D eigenvalue weighted by Gasteiger charge is -2.21. The Morgan fingerprint density at radius 1 is 1.25 bits per heavy atom. The van der Waals surface area contributed by atoms with Crippen LogP contribution in [0.25, 0.3) is 0 Å². The van der Waals surface area contributed by atoms with Gasteiger partial charge in [-0.15, -0.1) is 0 Å². The van der Waals surface area contributed by atoms with Crippen molar-refractivity contribution in [2.45, 2.75) is 29.8 Å². The Hall–Kier alpha value is -1.86. The quantitative estimate of drug-likeness (QED) is 0.565. The summed E-state index contributed by atoms with van der Waals surface area (Å²) in [4.78, 5) is 12.5. The van der Waals surface area contributed by atoms with E-state index in [2.05, 4.69) is 15.0 Å². The lowest BCUT2D eigenvalue weighted by Crippen LogP contribution is -2.26. The Morgan fingerprint density at radius 2 is 1.95 bits per heavy atom. The summed E-state index contributed by atoms with van der Waals surface area (Å²) in [5.74, 6) is 0.713. The van der Waals surface area contributed by atoms with E-state index in [9.17, 15) is 0 Å². The molecule has 0 aliphatic heterocycles. The Bertz CT molecular complexity index is 542. The van der Waals surface area contributed by atoms with Crippen LogP contribution in [0.1, 0.15) is 24.2 Å². The molecule has 2 atom stereocenters. The number of nitrogens with two attached hydrogens (primary N) is 3. The molecule has 2 unspecified atom stereocenters. The van der Waals surface area contributed by atoms with Crippen molar-refractivity contribution in [3.8, 4) is 0 Å². The molecule has 0 saturated heterocycles. The average molecular weight is 290 g/mol. The molecule has 0 bridgehead atoms. The van der Waals surface area contributed by atoms with Gasteiger partial charge in [-0.25, -0.2) is 9.97 Å². The number of rotatable bonds is 5. The molecule has 2 aromatic heterocycles. The number of anilines is 2. The molecule has 0 saturated carbocycles. The van der Waals surface area contributed by atoms with Crippen molar-refractivity contribution in [2.24, 2.45) is 5.73 Å². The van der Waals surface area contributed by atoms with Crippen LogP contribution in [0.2, 0.25) is 0 Å². The summed E-state index contributed by atoms with van der Waals surface area (Å²) in [6.07, 6.45) is 4.38. The van der Waals surface area contributed by atoms with Gasteiger partial charge in [0.25, 0.3) is 0 Å². The number of aromatic nitrogens is 3. The van der Waals surface area contributed by atoms with Gasteiger partial charge in [-0.3, -0.25) is 4.98 Å².